The van der Waals surface area contributed by atoms with Gasteiger partial charge in [-0.25, -0.2) is 0 Å². The number of rotatable bonds is 7. The maximum absolute atomic E-state index is 9.08. The minimum Gasteiger partial charge on any atom is -0.379 e. The van der Waals surface area contributed by atoms with Crippen molar-refractivity contribution in [2.75, 3.05) is 19.8 Å². The van der Waals surface area contributed by atoms with E-state index in [1.54, 1.807) is 0 Å². The molecular formula is C13H24N2O2. The van der Waals surface area contributed by atoms with Gasteiger partial charge in [0.1, 0.15) is 5.54 Å². The molecule has 3 atom stereocenters. The van der Waals surface area contributed by atoms with Gasteiger partial charge in [-0.1, -0.05) is 6.42 Å². The molecule has 2 N–H and O–H groups in total. The van der Waals surface area contributed by atoms with Crippen molar-refractivity contribution >= 4 is 0 Å². The Morgan fingerprint density at radius 1 is 1.59 bits per heavy atom. The van der Waals surface area contributed by atoms with Crippen molar-refractivity contribution in [1.29, 1.82) is 5.26 Å². The molecule has 0 aromatic heterocycles. The number of nitrogens with zero attached hydrogens (tertiary/aromatic N) is 1. The fraction of sp³-hybridized carbons (Fsp3) is 0.923. The third kappa shape index (κ3) is 4.27. The quantitative estimate of drug-likeness (QED) is 0.737. The first-order chi connectivity index (χ1) is 8.12. The second kappa shape index (κ2) is 6.95. The van der Waals surface area contributed by atoms with Gasteiger partial charge in [0.05, 0.1) is 18.8 Å². The van der Waals surface area contributed by atoms with Crippen LogP contribution in [0.25, 0.3) is 0 Å². The molecule has 1 aliphatic rings. The third-order valence-corrected chi connectivity index (χ3v) is 3.51. The van der Waals surface area contributed by atoms with Crippen molar-refractivity contribution in [1.82, 2.24) is 0 Å². The Morgan fingerprint density at radius 3 is 3.00 bits per heavy atom. The maximum atomic E-state index is 9.08. The van der Waals surface area contributed by atoms with Gasteiger partial charge in [-0.3, -0.25) is 0 Å². The first-order valence-electron chi connectivity index (χ1n) is 6.52. The minimum atomic E-state index is -0.619. The second-order valence-electron chi connectivity index (χ2n) is 4.87. The first-order valence-corrected chi connectivity index (χ1v) is 6.52. The van der Waals surface area contributed by atoms with Crippen LogP contribution in [0.2, 0.25) is 0 Å². The van der Waals surface area contributed by atoms with Gasteiger partial charge < -0.3 is 15.2 Å². The molecule has 0 aromatic rings. The molecule has 0 heterocycles. The van der Waals surface area contributed by atoms with Crippen LogP contribution in [0.5, 0.6) is 0 Å². The Kier molecular flexibility index (Phi) is 5.90. The van der Waals surface area contributed by atoms with Crippen LogP contribution in [0.15, 0.2) is 0 Å². The molecule has 0 radical (unpaired) electrons. The average Bonchev–Trinajstić information content (AvgIpc) is 2.69. The maximum Gasteiger partial charge on any atom is 0.107 e. The zero-order chi connectivity index (χ0) is 12.7. The van der Waals surface area contributed by atoms with Crippen LogP contribution in [0, 0.1) is 17.2 Å². The largest absolute Gasteiger partial charge is 0.379 e. The Hall–Kier alpha value is -0.630. The van der Waals surface area contributed by atoms with Gasteiger partial charge in [-0.15, -0.1) is 0 Å². The minimum absolute atomic E-state index is 0.116. The van der Waals surface area contributed by atoms with Crippen molar-refractivity contribution in [3.05, 3.63) is 0 Å². The SMILES string of the molecule is CCOCC(C)OCCC1CCCC1(N)C#N. The zero-order valence-electron chi connectivity index (χ0n) is 10.9. The smallest absolute Gasteiger partial charge is 0.107 e. The standard InChI is InChI=1S/C13H24N2O2/c1-3-16-9-11(2)17-8-6-12-5-4-7-13(12,15)10-14/h11-12H,3-9,15H2,1-2H3. The summed E-state index contributed by atoms with van der Waals surface area (Å²) in [6.45, 7) is 5.99. The summed E-state index contributed by atoms with van der Waals surface area (Å²) in [4.78, 5) is 0. The molecule has 3 unspecified atom stereocenters. The molecule has 1 rings (SSSR count). The molecule has 1 saturated carbocycles. The number of nitrogens with two attached hydrogens (primary N) is 1. The number of hydrogen-bond donors (Lipinski definition) is 1. The van der Waals surface area contributed by atoms with Crippen LogP contribution in [0.3, 0.4) is 0 Å². The molecule has 98 valence electrons. The van der Waals surface area contributed by atoms with Crippen LogP contribution in [-0.4, -0.2) is 31.5 Å². The summed E-state index contributed by atoms with van der Waals surface area (Å²) in [5.74, 6) is 0.284. The molecule has 0 saturated heterocycles. The van der Waals surface area contributed by atoms with E-state index in [1.807, 2.05) is 13.8 Å². The van der Waals surface area contributed by atoms with E-state index < -0.39 is 5.54 Å². The van der Waals surface area contributed by atoms with Gasteiger partial charge >= 0.3 is 0 Å². The molecule has 1 aliphatic carbocycles. The summed E-state index contributed by atoms with van der Waals surface area (Å²) in [5, 5.41) is 9.08. The highest BCUT2D eigenvalue weighted by atomic mass is 16.5. The molecule has 4 heteroatoms. The molecular weight excluding hydrogens is 216 g/mol. The van der Waals surface area contributed by atoms with E-state index in [1.165, 1.54) is 0 Å². The van der Waals surface area contributed by atoms with Crippen molar-refractivity contribution < 1.29 is 9.47 Å². The van der Waals surface area contributed by atoms with Gasteiger partial charge in [0.15, 0.2) is 0 Å². The lowest BCUT2D eigenvalue weighted by molar-refractivity contribution is -0.00882. The van der Waals surface area contributed by atoms with Gasteiger partial charge in [0.2, 0.25) is 0 Å². The Morgan fingerprint density at radius 2 is 2.35 bits per heavy atom. The van der Waals surface area contributed by atoms with Crippen molar-refractivity contribution in [2.45, 2.75) is 51.2 Å². The van der Waals surface area contributed by atoms with Gasteiger partial charge in [0.25, 0.3) is 0 Å². The van der Waals surface area contributed by atoms with E-state index in [4.69, 9.17) is 20.5 Å². The highest BCUT2D eigenvalue weighted by Crippen LogP contribution is 2.35. The van der Waals surface area contributed by atoms with E-state index in [9.17, 15) is 0 Å². The highest BCUT2D eigenvalue weighted by Gasteiger charge is 2.39. The van der Waals surface area contributed by atoms with Crippen LogP contribution in [0.4, 0.5) is 0 Å². The summed E-state index contributed by atoms with van der Waals surface area (Å²) >= 11 is 0. The number of ether oxygens (including phenoxy) is 2. The van der Waals surface area contributed by atoms with E-state index >= 15 is 0 Å². The lowest BCUT2D eigenvalue weighted by Gasteiger charge is -2.24. The van der Waals surface area contributed by atoms with Crippen LogP contribution < -0.4 is 5.73 Å². The Bertz CT molecular complexity index is 265. The Labute approximate surface area is 104 Å². The topological polar surface area (TPSA) is 68.3 Å². The summed E-state index contributed by atoms with van der Waals surface area (Å²) < 4.78 is 10.9. The van der Waals surface area contributed by atoms with Crippen LogP contribution in [0.1, 0.15) is 39.5 Å². The lowest BCUT2D eigenvalue weighted by Crippen LogP contribution is -2.42. The summed E-state index contributed by atoms with van der Waals surface area (Å²) in [7, 11) is 0. The molecule has 0 spiro atoms. The lowest BCUT2D eigenvalue weighted by atomic mass is 9.87. The summed E-state index contributed by atoms with van der Waals surface area (Å²) in [6, 6.07) is 2.26. The molecule has 0 aliphatic heterocycles. The third-order valence-electron chi connectivity index (χ3n) is 3.51. The molecule has 0 bridgehead atoms. The second-order valence-corrected chi connectivity index (χ2v) is 4.87. The normalized spacial score (nSPS) is 30.1. The van der Waals surface area contributed by atoms with E-state index in [0.29, 0.717) is 13.2 Å². The van der Waals surface area contributed by atoms with Crippen molar-refractivity contribution in [3.8, 4) is 6.07 Å². The average molecular weight is 240 g/mol. The predicted octanol–water partition coefficient (Wildman–Crippen LogP) is 1.84. The molecule has 0 aromatic carbocycles. The Balaban J connectivity index is 2.20. The highest BCUT2D eigenvalue weighted by molar-refractivity contribution is 5.11. The zero-order valence-corrected chi connectivity index (χ0v) is 10.9. The summed E-state index contributed by atoms with van der Waals surface area (Å²) in [6.07, 6.45) is 3.92. The summed E-state index contributed by atoms with van der Waals surface area (Å²) in [5.41, 5.74) is 5.44. The van der Waals surface area contributed by atoms with Crippen molar-refractivity contribution in [3.63, 3.8) is 0 Å². The van der Waals surface area contributed by atoms with Gasteiger partial charge in [-0.2, -0.15) is 5.26 Å². The fourth-order valence-electron chi connectivity index (χ4n) is 2.40. The molecule has 0 amide bonds. The van der Waals surface area contributed by atoms with Crippen molar-refractivity contribution in [2.24, 2.45) is 11.7 Å². The van der Waals surface area contributed by atoms with E-state index in [-0.39, 0.29) is 12.0 Å². The van der Waals surface area contributed by atoms with Crippen LogP contribution >= 0.6 is 0 Å². The monoisotopic (exact) mass is 240 g/mol. The number of nitriles is 1. The van der Waals surface area contributed by atoms with E-state index in [0.717, 1.165) is 32.3 Å². The van der Waals surface area contributed by atoms with Gasteiger partial charge in [0, 0.05) is 13.2 Å². The fourth-order valence-corrected chi connectivity index (χ4v) is 2.40. The molecule has 1 fully saturated rings. The predicted molar refractivity (Wildman–Crippen MR) is 66.4 cm³/mol. The van der Waals surface area contributed by atoms with Gasteiger partial charge in [-0.05, 0) is 39.0 Å². The first kappa shape index (κ1) is 14.4. The molecule has 4 nitrogen and oxygen atoms in total. The molecule has 17 heavy (non-hydrogen) atoms. The van der Waals surface area contributed by atoms with Crippen LogP contribution in [-0.2, 0) is 9.47 Å². The van der Waals surface area contributed by atoms with E-state index in [2.05, 4.69) is 6.07 Å². The number of hydrogen-bond acceptors (Lipinski definition) is 4.